The van der Waals surface area contributed by atoms with Crippen LogP contribution in [0.4, 0.5) is 4.79 Å². The van der Waals surface area contributed by atoms with Gasteiger partial charge >= 0.3 is 6.03 Å². The van der Waals surface area contributed by atoms with Gasteiger partial charge in [0.25, 0.3) is 5.91 Å². The standard InChI is InChI=1S/C19H21N3O4S/c1-21-13-16(18(23)22(2)19(21)24)27(25,26)20-17(14-9-5-3-6-10-14)15-11-7-4-8-12-15/h3-12,16-17,20H,13H2,1-2H3. The molecular formula is C19H21N3O4S. The van der Waals surface area contributed by atoms with Gasteiger partial charge in [0.1, 0.15) is 0 Å². The van der Waals surface area contributed by atoms with E-state index in [1.807, 2.05) is 60.7 Å². The van der Waals surface area contributed by atoms with E-state index in [4.69, 9.17) is 0 Å². The Morgan fingerprint density at radius 2 is 1.41 bits per heavy atom. The van der Waals surface area contributed by atoms with Gasteiger partial charge in [0.15, 0.2) is 5.25 Å². The van der Waals surface area contributed by atoms with Crippen molar-refractivity contribution in [3.05, 3.63) is 71.8 Å². The van der Waals surface area contributed by atoms with Gasteiger partial charge in [-0.05, 0) is 11.1 Å². The number of rotatable bonds is 5. The molecule has 0 aromatic heterocycles. The number of urea groups is 1. The number of nitrogens with zero attached hydrogens (tertiary/aromatic N) is 2. The molecule has 3 rings (SSSR count). The fraction of sp³-hybridized carbons (Fsp3) is 0.263. The lowest BCUT2D eigenvalue weighted by molar-refractivity contribution is -0.129. The highest BCUT2D eigenvalue weighted by Gasteiger charge is 2.44. The summed E-state index contributed by atoms with van der Waals surface area (Å²) in [5, 5.41) is -1.36. The maximum atomic E-state index is 13.1. The average Bonchev–Trinajstić information content (AvgIpc) is 2.68. The van der Waals surface area contributed by atoms with Gasteiger partial charge in [-0.15, -0.1) is 0 Å². The number of amides is 3. The van der Waals surface area contributed by atoms with Crippen molar-refractivity contribution in [2.45, 2.75) is 11.3 Å². The molecule has 0 radical (unpaired) electrons. The molecule has 2 aromatic carbocycles. The molecule has 1 saturated heterocycles. The van der Waals surface area contributed by atoms with E-state index < -0.39 is 33.3 Å². The van der Waals surface area contributed by atoms with Crippen LogP contribution in [-0.4, -0.2) is 56.0 Å². The minimum Gasteiger partial charge on any atom is -0.325 e. The number of hydrogen-bond acceptors (Lipinski definition) is 4. The largest absolute Gasteiger partial charge is 0.326 e. The quantitative estimate of drug-likeness (QED) is 0.844. The molecule has 1 heterocycles. The second-order valence-corrected chi connectivity index (χ2v) is 8.36. The van der Waals surface area contributed by atoms with Crippen molar-refractivity contribution in [3.63, 3.8) is 0 Å². The molecule has 1 aliphatic heterocycles. The van der Waals surface area contributed by atoms with E-state index in [0.29, 0.717) is 0 Å². The third-order valence-corrected chi connectivity index (χ3v) is 6.25. The summed E-state index contributed by atoms with van der Waals surface area (Å²) >= 11 is 0. The van der Waals surface area contributed by atoms with Crippen LogP contribution < -0.4 is 4.72 Å². The number of hydrogen-bond donors (Lipinski definition) is 1. The molecule has 1 fully saturated rings. The zero-order valence-electron chi connectivity index (χ0n) is 15.1. The van der Waals surface area contributed by atoms with Crippen molar-refractivity contribution in [2.75, 3.05) is 20.6 Å². The molecule has 27 heavy (non-hydrogen) atoms. The number of carbonyl (C=O) groups is 2. The van der Waals surface area contributed by atoms with Gasteiger partial charge in [-0.3, -0.25) is 9.69 Å². The molecule has 0 saturated carbocycles. The minimum absolute atomic E-state index is 0.187. The highest BCUT2D eigenvalue weighted by molar-refractivity contribution is 7.90. The highest BCUT2D eigenvalue weighted by Crippen LogP contribution is 2.24. The summed E-state index contributed by atoms with van der Waals surface area (Å²) in [6.07, 6.45) is 0. The number of nitrogens with one attached hydrogen (secondary N) is 1. The number of carbonyl (C=O) groups excluding carboxylic acids is 2. The Morgan fingerprint density at radius 1 is 0.926 bits per heavy atom. The van der Waals surface area contributed by atoms with E-state index >= 15 is 0 Å². The first kappa shape index (κ1) is 19.1. The number of sulfonamides is 1. The molecule has 3 amide bonds. The Morgan fingerprint density at radius 3 is 1.89 bits per heavy atom. The Balaban J connectivity index is 1.96. The molecule has 1 aliphatic rings. The Labute approximate surface area is 158 Å². The van der Waals surface area contributed by atoms with Gasteiger partial charge in [-0.2, -0.15) is 0 Å². The fourth-order valence-corrected chi connectivity index (χ4v) is 4.68. The van der Waals surface area contributed by atoms with Crippen molar-refractivity contribution >= 4 is 22.0 Å². The first-order valence-electron chi connectivity index (χ1n) is 8.45. The first-order chi connectivity index (χ1) is 12.8. The second kappa shape index (κ2) is 7.50. The lowest BCUT2D eigenvalue weighted by Gasteiger charge is -2.34. The van der Waals surface area contributed by atoms with E-state index in [1.165, 1.54) is 19.0 Å². The third kappa shape index (κ3) is 3.86. The Bertz CT molecular complexity index is 892. The number of imide groups is 1. The van der Waals surface area contributed by atoms with Crippen molar-refractivity contribution in [1.82, 2.24) is 14.5 Å². The van der Waals surface area contributed by atoms with Crippen LogP contribution in [0.1, 0.15) is 17.2 Å². The zero-order valence-corrected chi connectivity index (χ0v) is 15.9. The van der Waals surface area contributed by atoms with Crippen molar-refractivity contribution in [3.8, 4) is 0 Å². The average molecular weight is 387 g/mol. The van der Waals surface area contributed by atoms with Crippen LogP contribution in [0.5, 0.6) is 0 Å². The first-order valence-corrected chi connectivity index (χ1v) is 9.99. The van der Waals surface area contributed by atoms with Gasteiger partial charge in [-0.1, -0.05) is 60.7 Å². The molecule has 1 unspecified atom stereocenters. The predicted octanol–water partition coefficient (Wildman–Crippen LogP) is 1.59. The molecule has 2 aromatic rings. The fourth-order valence-electron chi connectivity index (χ4n) is 3.07. The summed E-state index contributed by atoms with van der Waals surface area (Å²) in [5.41, 5.74) is 1.52. The normalized spacial score (nSPS) is 18.3. The lowest BCUT2D eigenvalue weighted by Crippen LogP contribution is -2.60. The van der Waals surface area contributed by atoms with Crippen LogP contribution in [0.2, 0.25) is 0 Å². The molecule has 0 aliphatic carbocycles. The lowest BCUT2D eigenvalue weighted by atomic mass is 10.00. The van der Waals surface area contributed by atoms with Crippen molar-refractivity contribution in [1.29, 1.82) is 0 Å². The third-order valence-electron chi connectivity index (χ3n) is 4.58. The Kier molecular flexibility index (Phi) is 5.29. The van der Waals surface area contributed by atoms with Crippen LogP contribution in [0.3, 0.4) is 0 Å². The van der Waals surface area contributed by atoms with E-state index in [0.717, 1.165) is 16.0 Å². The Hall–Kier alpha value is -2.71. The van der Waals surface area contributed by atoms with E-state index in [1.54, 1.807) is 0 Å². The maximum Gasteiger partial charge on any atom is 0.326 e. The van der Waals surface area contributed by atoms with Gasteiger partial charge in [0, 0.05) is 20.6 Å². The van der Waals surface area contributed by atoms with Crippen LogP contribution in [-0.2, 0) is 14.8 Å². The molecule has 0 spiro atoms. The van der Waals surface area contributed by atoms with Gasteiger partial charge in [-0.25, -0.2) is 17.9 Å². The van der Waals surface area contributed by atoms with Crippen molar-refractivity contribution in [2.24, 2.45) is 0 Å². The van der Waals surface area contributed by atoms with Crippen LogP contribution in [0.25, 0.3) is 0 Å². The zero-order chi connectivity index (χ0) is 19.6. The molecule has 0 bridgehead atoms. The molecule has 1 N–H and O–H groups in total. The number of benzene rings is 2. The molecular weight excluding hydrogens is 366 g/mol. The smallest absolute Gasteiger partial charge is 0.325 e. The van der Waals surface area contributed by atoms with Gasteiger partial charge in [0.05, 0.1) is 6.04 Å². The second-order valence-electron chi connectivity index (χ2n) is 6.47. The summed E-state index contributed by atoms with van der Waals surface area (Å²) in [5.74, 6) is -0.731. The molecule has 142 valence electrons. The van der Waals surface area contributed by atoms with E-state index in [-0.39, 0.29) is 6.54 Å². The van der Waals surface area contributed by atoms with Crippen LogP contribution in [0.15, 0.2) is 60.7 Å². The summed E-state index contributed by atoms with van der Waals surface area (Å²) in [7, 11) is -1.29. The molecule has 1 atom stereocenters. The minimum atomic E-state index is -4.05. The van der Waals surface area contributed by atoms with E-state index in [2.05, 4.69) is 4.72 Å². The van der Waals surface area contributed by atoms with Gasteiger partial charge in [0.2, 0.25) is 10.0 Å². The summed E-state index contributed by atoms with van der Waals surface area (Å²) in [4.78, 5) is 26.4. The summed E-state index contributed by atoms with van der Waals surface area (Å²) in [6.45, 7) is -0.187. The molecule has 7 nitrogen and oxygen atoms in total. The van der Waals surface area contributed by atoms with Crippen molar-refractivity contribution < 1.29 is 18.0 Å². The van der Waals surface area contributed by atoms with Crippen LogP contribution in [0, 0.1) is 0 Å². The van der Waals surface area contributed by atoms with Gasteiger partial charge < -0.3 is 4.90 Å². The topological polar surface area (TPSA) is 86.8 Å². The van der Waals surface area contributed by atoms with Crippen LogP contribution >= 0.6 is 0 Å². The summed E-state index contributed by atoms with van der Waals surface area (Å²) in [6, 6.07) is 17.1. The maximum absolute atomic E-state index is 13.1. The summed E-state index contributed by atoms with van der Waals surface area (Å²) < 4.78 is 28.8. The SMILES string of the molecule is CN1CC(S(=O)(=O)NC(c2ccccc2)c2ccccc2)C(=O)N(C)C1=O. The predicted molar refractivity (Wildman–Crippen MR) is 101 cm³/mol. The molecule has 8 heteroatoms. The van der Waals surface area contributed by atoms with E-state index in [9.17, 15) is 18.0 Å². The highest BCUT2D eigenvalue weighted by atomic mass is 32.2. The monoisotopic (exact) mass is 387 g/mol.